The first kappa shape index (κ1) is 19.2. The summed E-state index contributed by atoms with van der Waals surface area (Å²) in [6.07, 6.45) is 1.75. The van der Waals surface area contributed by atoms with Crippen LogP contribution in [0.2, 0.25) is 0 Å². The van der Waals surface area contributed by atoms with E-state index in [-0.39, 0.29) is 12.4 Å². The summed E-state index contributed by atoms with van der Waals surface area (Å²) in [6.45, 7) is 2.13. The highest BCUT2D eigenvalue weighted by Gasteiger charge is 2.12. The van der Waals surface area contributed by atoms with Gasteiger partial charge in [-0.3, -0.25) is 10.2 Å². The maximum atomic E-state index is 11.5. The molecule has 0 saturated heterocycles. The Morgan fingerprint density at radius 2 is 2.20 bits per heavy atom. The zero-order valence-electron chi connectivity index (χ0n) is 14.0. The van der Waals surface area contributed by atoms with Crippen LogP contribution in [0, 0.1) is 0 Å². The molecule has 7 nitrogen and oxygen atoms in total. The summed E-state index contributed by atoms with van der Waals surface area (Å²) in [5.74, 6) is 0.885. The lowest BCUT2D eigenvalue weighted by molar-refractivity contribution is -0.142. The molecule has 0 saturated carbocycles. The third-order valence-corrected chi connectivity index (χ3v) is 4.55. The Balaban J connectivity index is 2.07. The van der Waals surface area contributed by atoms with Crippen molar-refractivity contribution < 1.29 is 19.0 Å². The van der Waals surface area contributed by atoms with Gasteiger partial charge in [-0.25, -0.2) is 4.98 Å². The van der Waals surface area contributed by atoms with Crippen LogP contribution in [0.3, 0.4) is 0 Å². The third-order valence-electron chi connectivity index (χ3n) is 3.07. The van der Waals surface area contributed by atoms with Crippen molar-refractivity contribution in [3.63, 3.8) is 0 Å². The highest BCUT2D eigenvalue weighted by Crippen LogP contribution is 2.34. The topological polar surface area (TPSA) is 82.0 Å². The maximum absolute atomic E-state index is 11.5. The van der Waals surface area contributed by atoms with Crippen LogP contribution in [0.15, 0.2) is 27.1 Å². The number of carbonyl (C=O) groups excluding carboxylic acids is 1. The minimum Gasteiger partial charge on any atom is -0.493 e. The molecule has 25 heavy (non-hydrogen) atoms. The van der Waals surface area contributed by atoms with Crippen LogP contribution >= 0.6 is 27.3 Å². The summed E-state index contributed by atoms with van der Waals surface area (Å²) in [7, 11) is 3.14. The molecule has 0 fully saturated rings. The fourth-order valence-corrected chi connectivity index (χ4v) is 3.07. The largest absolute Gasteiger partial charge is 0.493 e. The lowest BCUT2D eigenvalue weighted by Crippen LogP contribution is -2.07. The number of thiazole rings is 1. The molecule has 2 aromatic rings. The molecule has 0 aliphatic rings. The fraction of sp³-hybridized carbons (Fsp3) is 0.312. The summed E-state index contributed by atoms with van der Waals surface area (Å²) in [5.41, 5.74) is 4.22. The van der Waals surface area contributed by atoms with Gasteiger partial charge >= 0.3 is 5.97 Å². The third kappa shape index (κ3) is 5.17. The Morgan fingerprint density at radius 1 is 1.40 bits per heavy atom. The highest BCUT2D eigenvalue weighted by molar-refractivity contribution is 9.10. The number of hydrogen-bond donors (Lipinski definition) is 1. The van der Waals surface area contributed by atoms with Crippen molar-refractivity contribution in [2.75, 3.05) is 26.3 Å². The van der Waals surface area contributed by atoms with E-state index in [4.69, 9.17) is 14.2 Å². The number of carbonyl (C=O) groups is 1. The minimum atomic E-state index is -0.298. The van der Waals surface area contributed by atoms with Crippen LogP contribution in [-0.4, -0.2) is 38.0 Å². The Labute approximate surface area is 158 Å². The van der Waals surface area contributed by atoms with Gasteiger partial charge in [-0.1, -0.05) is 0 Å². The van der Waals surface area contributed by atoms with E-state index in [0.717, 1.165) is 10.0 Å². The summed E-state index contributed by atoms with van der Waals surface area (Å²) < 4.78 is 16.4. The molecule has 1 heterocycles. The lowest BCUT2D eigenvalue weighted by atomic mass is 10.2. The Morgan fingerprint density at radius 3 is 2.88 bits per heavy atom. The fourth-order valence-electron chi connectivity index (χ4n) is 2.00. The number of methoxy groups -OCH3 is 2. The van der Waals surface area contributed by atoms with Crippen LogP contribution in [0.5, 0.6) is 11.5 Å². The second-order valence-corrected chi connectivity index (χ2v) is 6.40. The summed E-state index contributed by atoms with van der Waals surface area (Å²) in [5, 5.41) is 6.54. The van der Waals surface area contributed by atoms with Gasteiger partial charge in [-0.15, -0.1) is 11.3 Å². The van der Waals surface area contributed by atoms with Crippen molar-refractivity contribution in [1.82, 2.24) is 4.98 Å². The van der Waals surface area contributed by atoms with Crippen molar-refractivity contribution in [1.29, 1.82) is 0 Å². The van der Waals surface area contributed by atoms with E-state index in [1.807, 2.05) is 6.07 Å². The molecule has 0 spiro atoms. The second kappa shape index (κ2) is 9.38. The van der Waals surface area contributed by atoms with Gasteiger partial charge in [0.05, 0.1) is 44.7 Å². The average molecular weight is 428 g/mol. The predicted molar refractivity (Wildman–Crippen MR) is 101 cm³/mol. The monoisotopic (exact) mass is 427 g/mol. The summed E-state index contributed by atoms with van der Waals surface area (Å²) in [6, 6.07) is 3.65. The van der Waals surface area contributed by atoms with Gasteiger partial charge in [-0.05, 0) is 35.0 Å². The van der Waals surface area contributed by atoms with Crippen LogP contribution < -0.4 is 14.9 Å². The van der Waals surface area contributed by atoms with E-state index in [1.165, 1.54) is 11.3 Å². The van der Waals surface area contributed by atoms with E-state index >= 15 is 0 Å². The number of nitrogens with one attached hydrogen (secondary N) is 1. The number of hydrazone groups is 1. The molecule has 0 aliphatic carbocycles. The standard InChI is InChI=1S/C16H18BrN3O4S/c1-4-24-14(21)7-10-9-25-16(19-10)20-18-8-11-12(17)5-6-13(22-2)15(11)23-3/h5-6,8-9H,4,7H2,1-3H3,(H,19,20). The molecule has 9 heteroatoms. The first-order valence-corrected chi connectivity index (χ1v) is 9.05. The number of benzene rings is 1. The molecule has 1 N–H and O–H groups in total. The lowest BCUT2D eigenvalue weighted by Gasteiger charge is -2.11. The number of esters is 1. The van der Waals surface area contributed by atoms with Crippen LogP contribution in [-0.2, 0) is 16.0 Å². The number of aromatic nitrogens is 1. The number of halogens is 1. The van der Waals surface area contributed by atoms with E-state index in [9.17, 15) is 4.79 Å². The molecule has 0 amide bonds. The summed E-state index contributed by atoms with van der Waals surface area (Å²) in [4.78, 5) is 15.7. The Hall–Kier alpha value is -2.13. The molecule has 1 aromatic carbocycles. The van der Waals surface area contributed by atoms with Crippen molar-refractivity contribution in [2.24, 2.45) is 5.10 Å². The van der Waals surface area contributed by atoms with Gasteiger partial charge in [0.25, 0.3) is 0 Å². The van der Waals surface area contributed by atoms with Crippen LogP contribution in [0.25, 0.3) is 0 Å². The zero-order chi connectivity index (χ0) is 18.2. The molecular formula is C16H18BrN3O4S. The van der Waals surface area contributed by atoms with Gasteiger partial charge in [0.2, 0.25) is 5.13 Å². The van der Waals surface area contributed by atoms with Crippen molar-refractivity contribution >= 4 is 44.6 Å². The van der Waals surface area contributed by atoms with E-state index < -0.39 is 0 Å². The molecule has 0 unspecified atom stereocenters. The first-order chi connectivity index (χ1) is 12.1. The molecular weight excluding hydrogens is 410 g/mol. The average Bonchev–Trinajstić information content (AvgIpc) is 3.03. The number of ether oxygens (including phenoxy) is 3. The zero-order valence-corrected chi connectivity index (χ0v) is 16.4. The molecule has 0 atom stereocenters. The molecule has 1 aromatic heterocycles. The van der Waals surface area contributed by atoms with Gasteiger partial charge in [0.15, 0.2) is 11.5 Å². The molecule has 0 aliphatic heterocycles. The number of hydrogen-bond acceptors (Lipinski definition) is 8. The number of nitrogens with zero attached hydrogens (tertiary/aromatic N) is 2. The van der Waals surface area contributed by atoms with Crippen molar-refractivity contribution in [2.45, 2.75) is 13.3 Å². The first-order valence-electron chi connectivity index (χ1n) is 7.38. The molecule has 134 valence electrons. The quantitative estimate of drug-likeness (QED) is 0.394. The number of anilines is 1. The molecule has 2 rings (SSSR count). The normalized spacial score (nSPS) is 10.7. The Kier molecular flexibility index (Phi) is 7.20. The van der Waals surface area contributed by atoms with Gasteiger partial charge in [0, 0.05) is 9.85 Å². The van der Waals surface area contributed by atoms with Crippen LogP contribution in [0.4, 0.5) is 5.13 Å². The molecule has 0 radical (unpaired) electrons. The number of rotatable bonds is 8. The smallest absolute Gasteiger partial charge is 0.311 e. The predicted octanol–water partition coefficient (Wildman–Crippen LogP) is 3.47. The van der Waals surface area contributed by atoms with Crippen molar-refractivity contribution in [3.05, 3.63) is 33.2 Å². The molecule has 0 bridgehead atoms. The SMILES string of the molecule is CCOC(=O)Cc1csc(NN=Cc2c(Br)ccc(OC)c2OC)n1. The van der Waals surface area contributed by atoms with E-state index in [2.05, 4.69) is 31.4 Å². The minimum absolute atomic E-state index is 0.144. The van der Waals surface area contributed by atoms with Crippen molar-refractivity contribution in [3.8, 4) is 11.5 Å². The van der Waals surface area contributed by atoms with Gasteiger partial charge in [-0.2, -0.15) is 5.10 Å². The summed E-state index contributed by atoms with van der Waals surface area (Å²) >= 11 is 4.82. The van der Waals surface area contributed by atoms with Crippen LogP contribution in [0.1, 0.15) is 18.2 Å². The Bertz CT molecular complexity index is 764. The van der Waals surface area contributed by atoms with E-state index in [0.29, 0.717) is 28.9 Å². The maximum Gasteiger partial charge on any atom is 0.311 e. The van der Waals surface area contributed by atoms with Gasteiger partial charge < -0.3 is 14.2 Å². The second-order valence-electron chi connectivity index (χ2n) is 4.69. The highest BCUT2D eigenvalue weighted by atomic mass is 79.9. The van der Waals surface area contributed by atoms with E-state index in [1.54, 1.807) is 38.8 Å². The van der Waals surface area contributed by atoms with Gasteiger partial charge in [0.1, 0.15) is 0 Å².